The number of amides is 1. The Morgan fingerprint density at radius 1 is 1.21 bits per heavy atom. The van der Waals surface area contributed by atoms with E-state index in [1.54, 1.807) is 25.3 Å². The Labute approximate surface area is 143 Å². The summed E-state index contributed by atoms with van der Waals surface area (Å²) in [7, 11) is 3.10. The van der Waals surface area contributed by atoms with Crippen molar-refractivity contribution in [2.75, 3.05) is 25.3 Å². The average molecular weight is 343 g/mol. The number of nitrogens with one attached hydrogen (secondary N) is 1. The van der Waals surface area contributed by atoms with Gasteiger partial charge in [0.15, 0.2) is 0 Å². The number of ether oxygens (including phenoxy) is 2. The van der Waals surface area contributed by atoms with Crippen molar-refractivity contribution in [2.45, 2.75) is 6.92 Å². The highest BCUT2D eigenvalue weighted by Crippen LogP contribution is 2.34. The van der Waals surface area contributed by atoms with Crippen LogP contribution in [-0.2, 0) is 0 Å². The van der Waals surface area contributed by atoms with E-state index in [1.807, 2.05) is 19.1 Å². The molecule has 1 aromatic carbocycles. The first-order valence-electron chi connectivity index (χ1n) is 7.22. The second kappa shape index (κ2) is 6.37. The van der Waals surface area contributed by atoms with Crippen molar-refractivity contribution < 1.29 is 14.3 Å². The number of hydrogen-bond donors (Lipinski definition) is 2. The molecular formula is C17H17N3O3S. The third kappa shape index (κ3) is 2.85. The second-order valence-electron chi connectivity index (χ2n) is 5.17. The van der Waals surface area contributed by atoms with Crippen LogP contribution in [0.15, 0.2) is 30.3 Å². The molecule has 0 aliphatic heterocycles. The van der Waals surface area contributed by atoms with Crippen LogP contribution in [0, 0.1) is 6.92 Å². The first-order chi connectivity index (χ1) is 11.5. The Morgan fingerprint density at radius 2 is 2.00 bits per heavy atom. The summed E-state index contributed by atoms with van der Waals surface area (Å²) in [6, 6.07) is 8.93. The summed E-state index contributed by atoms with van der Waals surface area (Å²) in [6.07, 6.45) is 0. The molecule has 0 bridgehead atoms. The van der Waals surface area contributed by atoms with Crippen LogP contribution in [0.2, 0.25) is 0 Å². The lowest BCUT2D eigenvalue weighted by atomic mass is 10.2. The number of pyridine rings is 1. The maximum atomic E-state index is 12.6. The van der Waals surface area contributed by atoms with E-state index in [1.165, 1.54) is 18.4 Å². The maximum absolute atomic E-state index is 12.6. The standard InChI is InChI=1S/C17H17N3O3S/c1-9-4-6-11-14(18)15(24-17(11)19-9)16(21)20-12-7-5-10(22-2)8-13(12)23-3/h4-8H,18H2,1-3H3,(H,20,21). The number of nitrogen functional groups attached to an aromatic ring is 1. The number of aromatic nitrogens is 1. The predicted octanol–water partition coefficient (Wildman–Crippen LogP) is 3.46. The first kappa shape index (κ1) is 16.1. The van der Waals surface area contributed by atoms with Gasteiger partial charge in [-0.15, -0.1) is 11.3 Å². The van der Waals surface area contributed by atoms with Crippen LogP contribution in [0.3, 0.4) is 0 Å². The summed E-state index contributed by atoms with van der Waals surface area (Å²) < 4.78 is 10.4. The predicted molar refractivity (Wildman–Crippen MR) is 96.3 cm³/mol. The topological polar surface area (TPSA) is 86.5 Å². The third-order valence-electron chi connectivity index (χ3n) is 3.60. The van der Waals surface area contributed by atoms with Crippen LogP contribution in [-0.4, -0.2) is 25.1 Å². The number of carbonyl (C=O) groups excluding carboxylic acids is 1. The number of hydrogen-bond acceptors (Lipinski definition) is 6. The molecule has 2 heterocycles. The molecule has 0 saturated heterocycles. The molecule has 0 radical (unpaired) electrons. The average Bonchev–Trinajstić information content (AvgIpc) is 2.91. The van der Waals surface area contributed by atoms with Gasteiger partial charge in [-0.25, -0.2) is 4.98 Å². The van der Waals surface area contributed by atoms with Gasteiger partial charge in [0.2, 0.25) is 0 Å². The maximum Gasteiger partial charge on any atom is 0.268 e. The van der Waals surface area contributed by atoms with Crippen LogP contribution in [0.25, 0.3) is 10.2 Å². The lowest BCUT2D eigenvalue weighted by Crippen LogP contribution is -2.12. The Hall–Kier alpha value is -2.80. The van der Waals surface area contributed by atoms with E-state index in [0.29, 0.717) is 27.8 Å². The molecule has 24 heavy (non-hydrogen) atoms. The number of anilines is 2. The minimum absolute atomic E-state index is 0.295. The molecule has 1 amide bonds. The summed E-state index contributed by atoms with van der Waals surface area (Å²) >= 11 is 1.27. The third-order valence-corrected chi connectivity index (χ3v) is 4.71. The highest BCUT2D eigenvalue weighted by molar-refractivity contribution is 7.21. The molecule has 2 aromatic heterocycles. The van der Waals surface area contributed by atoms with Gasteiger partial charge in [0.05, 0.1) is 25.6 Å². The van der Waals surface area contributed by atoms with Gasteiger partial charge in [0.1, 0.15) is 21.2 Å². The van der Waals surface area contributed by atoms with Gasteiger partial charge in [-0.1, -0.05) is 0 Å². The number of benzene rings is 1. The zero-order valence-corrected chi connectivity index (χ0v) is 14.4. The zero-order chi connectivity index (χ0) is 17.3. The van der Waals surface area contributed by atoms with Crippen LogP contribution in [0.1, 0.15) is 15.4 Å². The van der Waals surface area contributed by atoms with Gasteiger partial charge >= 0.3 is 0 Å². The molecule has 0 spiro atoms. The number of nitrogens with zero attached hydrogens (tertiary/aromatic N) is 1. The van der Waals surface area contributed by atoms with E-state index >= 15 is 0 Å². The Morgan fingerprint density at radius 3 is 2.71 bits per heavy atom. The highest BCUT2D eigenvalue weighted by atomic mass is 32.1. The molecule has 0 saturated carbocycles. The van der Waals surface area contributed by atoms with Crippen LogP contribution < -0.4 is 20.5 Å². The van der Waals surface area contributed by atoms with Crippen LogP contribution in [0.4, 0.5) is 11.4 Å². The molecule has 0 unspecified atom stereocenters. The van der Waals surface area contributed by atoms with E-state index in [0.717, 1.165) is 15.9 Å². The van der Waals surface area contributed by atoms with Gasteiger partial charge in [0, 0.05) is 17.1 Å². The summed E-state index contributed by atoms with van der Waals surface area (Å²) in [5, 5.41) is 3.62. The molecule has 0 aliphatic rings. The number of fused-ring (bicyclic) bond motifs is 1. The van der Waals surface area contributed by atoms with Crippen molar-refractivity contribution in [1.29, 1.82) is 0 Å². The largest absolute Gasteiger partial charge is 0.497 e. The smallest absolute Gasteiger partial charge is 0.268 e. The summed E-state index contributed by atoms with van der Waals surface area (Å²) in [6.45, 7) is 1.90. The van der Waals surface area contributed by atoms with Gasteiger partial charge in [-0.3, -0.25) is 4.79 Å². The summed E-state index contributed by atoms with van der Waals surface area (Å²) in [5.41, 5.74) is 7.98. The van der Waals surface area contributed by atoms with Gasteiger partial charge in [-0.2, -0.15) is 0 Å². The molecule has 3 rings (SSSR count). The number of rotatable bonds is 4. The Balaban J connectivity index is 1.94. The monoisotopic (exact) mass is 343 g/mol. The molecular weight excluding hydrogens is 326 g/mol. The number of thiophene rings is 1. The van der Waals surface area contributed by atoms with Gasteiger partial charge in [0.25, 0.3) is 5.91 Å². The fourth-order valence-electron chi connectivity index (χ4n) is 2.34. The molecule has 0 atom stereocenters. The first-order valence-corrected chi connectivity index (χ1v) is 8.04. The van der Waals surface area contributed by atoms with Crippen LogP contribution >= 0.6 is 11.3 Å². The van der Waals surface area contributed by atoms with E-state index in [4.69, 9.17) is 15.2 Å². The molecule has 0 fully saturated rings. The normalized spacial score (nSPS) is 10.6. The number of aryl methyl sites for hydroxylation is 1. The molecule has 3 aromatic rings. The number of carbonyl (C=O) groups is 1. The van der Waals surface area contributed by atoms with E-state index < -0.39 is 0 Å². The van der Waals surface area contributed by atoms with Gasteiger partial charge in [-0.05, 0) is 31.2 Å². The SMILES string of the molecule is COc1ccc(NC(=O)c2sc3nc(C)ccc3c2N)c(OC)c1. The molecule has 124 valence electrons. The lowest BCUT2D eigenvalue weighted by Gasteiger charge is -2.11. The van der Waals surface area contributed by atoms with E-state index in [9.17, 15) is 4.79 Å². The van der Waals surface area contributed by atoms with Crippen molar-refractivity contribution >= 4 is 38.8 Å². The van der Waals surface area contributed by atoms with Gasteiger partial charge < -0.3 is 20.5 Å². The van der Waals surface area contributed by atoms with Crippen molar-refractivity contribution in [1.82, 2.24) is 4.98 Å². The minimum atomic E-state index is -0.295. The van der Waals surface area contributed by atoms with Crippen molar-refractivity contribution in [3.63, 3.8) is 0 Å². The summed E-state index contributed by atoms with van der Waals surface area (Å²) in [5.74, 6) is 0.860. The molecule has 0 aliphatic carbocycles. The van der Waals surface area contributed by atoms with Crippen LogP contribution in [0.5, 0.6) is 11.5 Å². The quantitative estimate of drug-likeness (QED) is 0.757. The minimum Gasteiger partial charge on any atom is -0.497 e. The number of methoxy groups -OCH3 is 2. The highest BCUT2D eigenvalue weighted by Gasteiger charge is 2.18. The Kier molecular flexibility index (Phi) is 4.26. The number of nitrogens with two attached hydrogens (primary N) is 1. The van der Waals surface area contributed by atoms with E-state index in [-0.39, 0.29) is 5.91 Å². The fraction of sp³-hybridized carbons (Fsp3) is 0.176. The fourth-order valence-corrected chi connectivity index (χ4v) is 3.37. The Bertz CT molecular complexity index is 921. The summed E-state index contributed by atoms with van der Waals surface area (Å²) in [4.78, 5) is 18.2. The lowest BCUT2D eigenvalue weighted by molar-refractivity contribution is 0.103. The van der Waals surface area contributed by atoms with Crippen molar-refractivity contribution in [3.8, 4) is 11.5 Å². The van der Waals surface area contributed by atoms with Crippen molar-refractivity contribution in [3.05, 3.63) is 40.9 Å². The van der Waals surface area contributed by atoms with Crippen molar-refractivity contribution in [2.24, 2.45) is 0 Å². The van der Waals surface area contributed by atoms with E-state index in [2.05, 4.69) is 10.3 Å². The molecule has 6 nitrogen and oxygen atoms in total. The molecule has 7 heteroatoms. The molecule has 3 N–H and O–H groups in total. The zero-order valence-electron chi connectivity index (χ0n) is 13.5. The second-order valence-corrected chi connectivity index (χ2v) is 6.17.